The normalized spacial score (nSPS) is 14.8. The number of amides is 1. The Morgan fingerprint density at radius 1 is 1.16 bits per heavy atom. The number of carbonyl (C=O) groups excluding carboxylic acids is 1. The quantitative estimate of drug-likeness (QED) is 0.440. The van der Waals surface area contributed by atoms with Crippen LogP contribution >= 0.6 is 22.7 Å². The predicted molar refractivity (Wildman–Crippen MR) is 126 cm³/mol. The third kappa shape index (κ3) is 3.72. The average molecular weight is 465 g/mol. The fraction of sp³-hybridized carbons (Fsp3) is 0.182. The minimum absolute atomic E-state index is 0.0245. The highest BCUT2D eigenvalue weighted by atomic mass is 32.1. The molecule has 0 bridgehead atoms. The monoisotopic (exact) mass is 464 g/mol. The number of rotatable bonds is 5. The average Bonchev–Trinajstić information content (AvgIpc) is 3.60. The fourth-order valence-corrected chi connectivity index (χ4v) is 5.20. The Kier molecular flexibility index (Phi) is 5.56. The number of ether oxygens (including phenoxy) is 1. The second-order valence-corrected chi connectivity index (χ2v) is 9.13. The highest BCUT2D eigenvalue weighted by Crippen LogP contribution is 2.28. The van der Waals surface area contributed by atoms with Crippen molar-refractivity contribution in [3.8, 4) is 10.7 Å². The number of nitrogens with two attached hydrogens (primary N) is 1. The topological polar surface area (TPSA) is 110 Å². The first-order valence-electron chi connectivity index (χ1n) is 10.0. The van der Waals surface area contributed by atoms with Crippen molar-refractivity contribution in [3.63, 3.8) is 0 Å². The second kappa shape index (κ2) is 8.65. The van der Waals surface area contributed by atoms with Gasteiger partial charge in [-0.2, -0.15) is 0 Å². The lowest BCUT2D eigenvalue weighted by Gasteiger charge is -2.26. The van der Waals surface area contributed by atoms with E-state index in [2.05, 4.69) is 9.97 Å². The minimum Gasteiger partial charge on any atom is -0.404 e. The highest BCUT2D eigenvalue weighted by molar-refractivity contribution is 7.16. The third-order valence-corrected chi connectivity index (χ3v) is 7.15. The molecule has 0 aromatic carbocycles. The predicted octanol–water partition coefficient (Wildman–Crippen LogP) is 3.36. The number of fused-ring (bicyclic) bond motifs is 1. The SMILES string of the molecule is N=C(/C(=C\N)c1ccc2ncc(-c3nccs3)n2c1)c1ccc(C(=O)N2CCOCC2)s1. The van der Waals surface area contributed by atoms with Crippen molar-refractivity contribution in [2.45, 2.75) is 0 Å². The summed E-state index contributed by atoms with van der Waals surface area (Å²) in [6, 6.07) is 7.38. The molecule has 1 saturated heterocycles. The number of carbonyl (C=O) groups is 1. The molecular weight excluding hydrogens is 444 g/mol. The van der Waals surface area contributed by atoms with Gasteiger partial charge in [0.05, 0.1) is 34.9 Å². The van der Waals surface area contributed by atoms with Crippen LogP contribution in [0, 0.1) is 5.41 Å². The summed E-state index contributed by atoms with van der Waals surface area (Å²) in [6.45, 7) is 2.28. The van der Waals surface area contributed by atoms with Crippen LogP contribution in [0.5, 0.6) is 0 Å². The van der Waals surface area contributed by atoms with Crippen LogP contribution in [0.25, 0.3) is 21.9 Å². The maximum absolute atomic E-state index is 12.8. The summed E-state index contributed by atoms with van der Waals surface area (Å²) in [5, 5.41) is 11.6. The van der Waals surface area contributed by atoms with Crippen molar-refractivity contribution < 1.29 is 9.53 Å². The molecule has 1 fully saturated rings. The Balaban J connectivity index is 1.43. The van der Waals surface area contributed by atoms with Crippen LogP contribution in [-0.4, -0.2) is 57.2 Å². The maximum atomic E-state index is 12.8. The molecule has 0 spiro atoms. The zero-order valence-electron chi connectivity index (χ0n) is 17.0. The van der Waals surface area contributed by atoms with Crippen LogP contribution in [0.1, 0.15) is 20.1 Å². The highest BCUT2D eigenvalue weighted by Gasteiger charge is 2.22. The number of imidazole rings is 1. The molecule has 0 aliphatic carbocycles. The van der Waals surface area contributed by atoms with E-state index in [-0.39, 0.29) is 11.6 Å². The maximum Gasteiger partial charge on any atom is 0.264 e. The van der Waals surface area contributed by atoms with Crippen molar-refractivity contribution in [2.75, 3.05) is 26.3 Å². The third-order valence-electron chi connectivity index (χ3n) is 5.27. The molecule has 10 heteroatoms. The van der Waals surface area contributed by atoms with Gasteiger partial charge in [-0.25, -0.2) is 9.97 Å². The standard InChI is InChI=1S/C22H20N6O2S2/c23-11-15(14-1-4-19-26-12-16(28(19)13-14)21-25-5-10-31-21)20(24)17-2-3-18(32-17)22(29)27-6-8-30-9-7-27/h1-5,10-13,24H,6-9,23H2/b15-11-,24-20?. The number of aromatic nitrogens is 3. The van der Waals surface area contributed by atoms with Gasteiger partial charge in [-0.3, -0.25) is 14.6 Å². The van der Waals surface area contributed by atoms with Gasteiger partial charge >= 0.3 is 0 Å². The molecule has 1 aliphatic heterocycles. The Hall–Kier alpha value is -3.34. The molecular formula is C22H20N6O2S2. The summed E-state index contributed by atoms with van der Waals surface area (Å²) in [4.78, 5) is 24.7. The molecule has 0 atom stereocenters. The lowest BCUT2D eigenvalue weighted by molar-refractivity contribution is 0.0306. The Morgan fingerprint density at radius 3 is 2.72 bits per heavy atom. The first-order chi connectivity index (χ1) is 15.7. The molecule has 5 heterocycles. The molecule has 0 unspecified atom stereocenters. The molecule has 0 radical (unpaired) electrons. The molecule has 4 aromatic heterocycles. The van der Waals surface area contributed by atoms with Gasteiger partial charge in [-0.1, -0.05) is 0 Å². The van der Waals surface area contributed by atoms with Gasteiger partial charge in [0.1, 0.15) is 16.3 Å². The smallest absolute Gasteiger partial charge is 0.264 e. The lowest BCUT2D eigenvalue weighted by atomic mass is 10.0. The number of hydrogen-bond donors (Lipinski definition) is 2. The van der Waals surface area contributed by atoms with Crippen molar-refractivity contribution >= 4 is 45.5 Å². The van der Waals surface area contributed by atoms with E-state index < -0.39 is 0 Å². The number of nitrogens with one attached hydrogen (secondary N) is 1. The van der Waals surface area contributed by atoms with Gasteiger partial charge in [0.15, 0.2) is 0 Å². The molecule has 4 aromatic rings. The zero-order valence-corrected chi connectivity index (χ0v) is 18.7. The zero-order chi connectivity index (χ0) is 22.1. The first kappa shape index (κ1) is 20.6. The van der Waals surface area contributed by atoms with Crippen LogP contribution in [0.3, 0.4) is 0 Å². The van der Waals surface area contributed by atoms with Gasteiger partial charge in [0.2, 0.25) is 0 Å². The molecule has 1 aliphatic rings. The summed E-state index contributed by atoms with van der Waals surface area (Å²) in [7, 11) is 0. The van der Waals surface area contributed by atoms with E-state index in [9.17, 15) is 4.79 Å². The molecule has 162 valence electrons. The van der Waals surface area contributed by atoms with Gasteiger partial charge in [-0.05, 0) is 24.3 Å². The minimum atomic E-state index is -0.0245. The second-order valence-electron chi connectivity index (χ2n) is 7.15. The van der Waals surface area contributed by atoms with Crippen LogP contribution < -0.4 is 5.73 Å². The number of pyridine rings is 1. The van der Waals surface area contributed by atoms with Crippen LogP contribution in [-0.2, 0) is 4.74 Å². The van der Waals surface area contributed by atoms with E-state index in [0.717, 1.165) is 21.9 Å². The number of nitrogens with zero attached hydrogens (tertiary/aromatic N) is 4. The molecule has 0 saturated carbocycles. The molecule has 1 amide bonds. The number of morpholine rings is 1. The van der Waals surface area contributed by atoms with Gasteiger partial charge in [0, 0.05) is 48.2 Å². The van der Waals surface area contributed by atoms with E-state index in [1.807, 2.05) is 28.1 Å². The van der Waals surface area contributed by atoms with Crippen molar-refractivity contribution in [1.29, 1.82) is 5.41 Å². The largest absolute Gasteiger partial charge is 0.404 e. The number of thiophene rings is 1. The molecule has 5 rings (SSSR count). The lowest BCUT2D eigenvalue weighted by Crippen LogP contribution is -2.40. The van der Waals surface area contributed by atoms with Crippen LogP contribution in [0.2, 0.25) is 0 Å². The number of hydrogen-bond acceptors (Lipinski definition) is 8. The Morgan fingerprint density at radius 2 is 1.97 bits per heavy atom. The van der Waals surface area contributed by atoms with E-state index in [4.69, 9.17) is 15.9 Å². The van der Waals surface area contributed by atoms with E-state index in [1.54, 1.807) is 40.8 Å². The molecule has 3 N–H and O–H groups in total. The summed E-state index contributed by atoms with van der Waals surface area (Å²) >= 11 is 2.85. The molecule has 8 nitrogen and oxygen atoms in total. The van der Waals surface area contributed by atoms with E-state index in [1.165, 1.54) is 17.5 Å². The van der Waals surface area contributed by atoms with Crippen LogP contribution in [0.15, 0.2) is 54.4 Å². The first-order valence-corrected chi connectivity index (χ1v) is 11.7. The van der Waals surface area contributed by atoms with Gasteiger partial charge in [0.25, 0.3) is 5.91 Å². The Bertz CT molecular complexity index is 1320. The van der Waals surface area contributed by atoms with E-state index in [0.29, 0.717) is 41.6 Å². The van der Waals surface area contributed by atoms with Crippen LogP contribution in [0.4, 0.5) is 0 Å². The van der Waals surface area contributed by atoms with Crippen molar-refractivity contribution in [2.24, 2.45) is 5.73 Å². The summed E-state index contributed by atoms with van der Waals surface area (Å²) in [5.74, 6) is -0.0245. The van der Waals surface area contributed by atoms with Crippen molar-refractivity contribution in [1.82, 2.24) is 19.3 Å². The van der Waals surface area contributed by atoms with Gasteiger partial charge < -0.3 is 15.4 Å². The summed E-state index contributed by atoms with van der Waals surface area (Å²) < 4.78 is 7.28. The molecule has 32 heavy (non-hydrogen) atoms. The van der Waals surface area contributed by atoms with E-state index >= 15 is 0 Å². The fourth-order valence-electron chi connectivity index (χ4n) is 3.61. The Labute approximate surface area is 192 Å². The van der Waals surface area contributed by atoms with Gasteiger partial charge in [-0.15, -0.1) is 22.7 Å². The number of allylic oxidation sites excluding steroid dienone is 1. The summed E-state index contributed by atoms with van der Waals surface area (Å²) in [6.07, 6.45) is 6.90. The number of thiazole rings is 1. The van der Waals surface area contributed by atoms with Crippen molar-refractivity contribution in [3.05, 3.63) is 69.8 Å². The summed E-state index contributed by atoms with van der Waals surface area (Å²) in [5.41, 5.74) is 9.27.